The minimum absolute atomic E-state index is 0.351. The minimum atomic E-state index is -3.12. The van der Waals surface area contributed by atoms with Gasteiger partial charge in [0.15, 0.2) is 5.96 Å². The lowest BCUT2D eigenvalue weighted by molar-refractivity contribution is 0.424. The highest BCUT2D eigenvalue weighted by Gasteiger charge is 2.23. The first-order chi connectivity index (χ1) is 12.4. The molecule has 1 heterocycles. The van der Waals surface area contributed by atoms with Gasteiger partial charge in [0.1, 0.15) is 0 Å². The van der Waals surface area contributed by atoms with Gasteiger partial charge in [-0.25, -0.2) is 12.7 Å². The van der Waals surface area contributed by atoms with Crippen LogP contribution in [0.25, 0.3) is 0 Å². The van der Waals surface area contributed by atoms with Crippen molar-refractivity contribution in [1.82, 2.24) is 14.9 Å². The largest absolute Gasteiger partial charge is 0.369 e. The van der Waals surface area contributed by atoms with Gasteiger partial charge in [0.2, 0.25) is 10.0 Å². The quantitative estimate of drug-likeness (QED) is 0.401. The van der Waals surface area contributed by atoms with Crippen LogP contribution in [-0.2, 0) is 10.0 Å². The van der Waals surface area contributed by atoms with E-state index in [1.54, 1.807) is 7.05 Å². The number of sulfonamides is 1. The third-order valence-electron chi connectivity index (χ3n) is 4.57. The third-order valence-corrected chi connectivity index (χ3v) is 5.95. The van der Waals surface area contributed by atoms with Crippen molar-refractivity contribution >= 4 is 21.7 Å². The van der Waals surface area contributed by atoms with Crippen LogP contribution in [-0.4, -0.2) is 70.8 Å². The highest BCUT2D eigenvalue weighted by atomic mass is 32.2. The molecule has 1 aromatic rings. The Morgan fingerprint density at radius 1 is 1.35 bits per heavy atom. The zero-order chi connectivity index (χ0) is 19.0. The summed E-state index contributed by atoms with van der Waals surface area (Å²) in [6.45, 7) is 5.53. The van der Waals surface area contributed by atoms with Crippen LogP contribution in [0, 0.1) is 0 Å². The molecule has 2 N–H and O–H groups in total. The van der Waals surface area contributed by atoms with Gasteiger partial charge in [0.25, 0.3) is 0 Å². The van der Waals surface area contributed by atoms with E-state index < -0.39 is 10.0 Å². The maximum atomic E-state index is 11.6. The van der Waals surface area contributed by atoms with Gasteiger partial charge in [0, 0.05) is 51.5 Å². The molecule has 0 saturated carbocycles. The molecular formula is C18H31N5O2S. The molecule has 0 spiro atoms. The Balaban J connectivity index is 1.73. The molecule has 26 heavy (non-hydrogen) atoms. The van der Waals surface area contributed by atoms with Gasteiger partial charge in [-0.1, -0.05) is 25.1 Å². The smallest absolute Gasteiger partial charge is 0.211 e. The number of hydrogen-bond acceptors (Lipinski definition) is 4. The summed E-state index contributed by atoms with van der Waals surface area (Å²) in [5.74, 6) is 0.771. The highest BCUT2D eigenvalue weighted by molar-refractivity contribution is 7.88. The SMILES string of the molecule is CCN(CCCNC(=NC)NC1CCN(c2ccccc2)C1)S(C)(=O)=O. The van der Waals surface area contributed by atoms with Gasteiger partial charge in [-0.3, -0.25) is 4.99 Å². The number of aliphatic imine (C=N–C) groups is 1. The molecule has 8 heteroatoms. The fourth-order valence-electron chi connectivity index (χ4n) is 3.16. The Kier molecular flexibility index (Phi) is 7.71. The summed E-state index contributed by atoms with van der Waals surface area (Å²) in [6.07, 6.45) is 3.05. The van der Waals surface area contributed by atoms with Crippen LogP contribution in [0.1, 0.15) is 19.8 Å². The number of nitrogens with zero attached hydrogens (tertiary/aromatic N) is 3. The number of hydrogen-bond donors (Lipinski definition) is 2. The normalized spacial score (nSPS) is 18.4. The first kappa shape index (κ1) is 20.5. The van der Waals surface area contributed by atoms with Gasteiger partial charge in [-0.2, -0.15) is 0 Å². The molecule has 1 aliphatic rings. The second kappa shape index (κ2) is 9.78. The van der Waals surface area contributed by atoms with Gasteiger partial charge in [-0.05, 0) is 25.0 Å². The minimum Gasteiger partial charge on any atom is -0.369 e. The molecule has 2 rings (SSSR count). The molecule has 0 amide bonds. The predicted octanol–water partition coefficient (Wildman–Crippen LogP) is 1.10. The Morgan fingerprint density at radius 3 is 2.69 bits per heavy atom. The van der Waals surface area contributed by atoms with E-state index in [0.717, 1.165) is 31.9 Å². The van der Waals surface area contributed by atoms with E-state index in [2.05, 4.69) is 44.8 Å². The van der Waals surface area contributed by atoms with Crippen molar-refractivity contribution in [3.05, 3.63) is 30.3 Å². The summed E-state index contributed by atoms with van der Waals surface area (Å²) in [6, 6.07) is 10.8. The third kappa shape index (κ3) is 6.17. The van der Waals surface area contributed by atoms with Crippen molar-refractivity contribution in [3.63, 3.8) is 0 Å². The van der Waals surface area contributed by atoms with Crippen LogP contribution in [0.3, 0.4) is 0 Å². The van der Waals surface area contributed by atoms with E-state index in [9.17, 15) is 8.42 Å². The Hall–Kier alpha value is -1.80. The van der Waals surface area contributed by atoms with Crippen LogP contribution in [0.5, 0.6) is 0 Å². The number of nitrogens with one attached hydrogen (secondary N) is 2. The molecule has 0 bridgehead atoms. The van der Waals surface area contributed by atoms with E-state index >= 15 is 0 Å². The monoisotopic (exact) mass is 381 g/mol. The predicted molar refractivity (Wildman–Crippen MR) is 108 cm³/mol. The fraction of sp³-hybridized carbons (Fsp3) is 0.611. The van der Waals surface area contributed by atoms with Crippen molar-refractivity contribution in [2.24, 2.45) is 4.99 Å². The van der Waals surface area contributed by atoms with Crippen molar-refractivity contribution in [1.29, 1.82) is 0 Å². The van der Waals surface area contributed by atoms with Crippen LogP contribution in [0.2, 0.25) is 0 Å². The average molecular weight is 382 g/mol. The fourth-order valence-corrected chi connectivity index (χ4v) is 4.09. The lowest BCUT2D eigenvalue weighted by Gasteiger charge is -2.21. The number of guanidine groups is 1. The molecule has 0 aliphatic carbocycles. The summed E-state index contributed by atoms with van der Waals surface area (Å²) in [4.78, 5) is 6.65. The van der Waals surface area contributed by atoms with E-state index in [4.69, 9.17) is 0 Å². The Morgan fingerprint density at radius 2 is 2.08 bits per heavy atom. The number of rotatable bonds is 8. The van der Waals surface area contributed by atoms with E-state index in [0.29, 0.717) is 25.7 Å². The molecule has 1 saturated heterocycles. The second-order valence-corrected chi connectivity index (χ2v) is 8.50. The van der Waals surface area contributed by atoms with Crippen LogP contribution in [0.4, 0.5) is 5.69 Å². The van der Waals surface area contributed by atoms with E-state index in [1.165, 1.54) is 16.2 Å². The van der Waals surface area contributed by atoms with Crippen LogP contribution < -0.4 is 15.5 Å². The Bertz CT molecular complexity index is 678. The number of anilines is 1. The van der Waals surface area contributed by atoms with Crippen molar-refractivity contribution in [2.75, 3.05) is 50.9 Å². The summed E-state index contributed by atoms with van der Waals surface area (Å²) in [7, 11) is -1.36. The van der Waals surface area contributed by atoms with Crippen molar-refractivity contribution < 1.29 is 8.42 Å². The first-order valence-electron chi connectivity index (χ1n) is 9.16. The topological polar surface area (TPSA) is 77.0 Å². The molecular weight excluding hydrogens is 350 g/mol. The molecule has 0 radical (unpaired) electrons. The molecule has 146 valence electrons. The van der Waals surface area contributed by atoms with E-state index in [-0.39, 0.29) is 0 Å². The van der Waals surface area contributed by atoms with Crippen molar-refractivity contribution in [2.45, 2.75) is 25.8 Å². The maximum absolute atomic E-state index is 11.6. The van der Waals surface area contributed by atoms with Crippen LogP contribution >= 0.6 is 0 Å². The second-order valence-electron chi connectivity index (χ2n) is 6.52. The standard InChI is InChI=1S/C18H31N5O2S/c1-4-23(26(3,24)25)13-8-12-20-18(19-2)21-16-11-14-22(15-16)17-9-6-5-7-10-17/h5-7,9-10,16H,4,8,11-15H2,1-3H3,(H2,19,20,21). The summed E-state index contributed by atoms with van der Waals surface area (Å²) in [5, 5.41) is 6.74. The van der Waals surface area contributed by atoms with Gasteiger partial charge in [-0.15, -0.1) is 0 Å². The average Bonchev–Trinajstić information content (AvgIpc) is 3.09. The number of para-hydroxylation sites is 1. The maximum Gasteiger partial charge on any atom is 0.211 e. The van der Waals surface area contributed by atoms with Gasteiger partial charge < -0.3 is 15.5 Å². The molecule has 0 aromatic heterocycles. The molecule has 7 nitrogen and oxygen atoms in total. The van der Waals surface area contributed by atoms with Crippen molar-refractivity contribution in [3.8, 4) is 0 Å². The first-order valence-corrected chi connectivity index (χ1v) is 11.0. The lowest BCUT2D eigenvalue weighted by atomic mass is 10.2. The Labute approximate surface area is 157 Å². The zero-order valence-electron chi connectivity index (χ0n) is 16.0. The molecule has 1 fully saturated rings. The molecule has 1 aromatic carbocycles. The van der Waals surface area contributed by atoms with Gasteiger partial charge >= 0.3 is 0 Å². The van der Waals surface area contributed by atoms with E-state index in [1.807, 2.05) is 13.0 Å². The molecule has 1 atom stereocenters. The molecule has 1 unspecified atom stereocenters. The highest BCUT2D eigenvalue weighted by Crippen LogP contribution is 2.19. The van der Waals surface area contributed by atoms with Gasteiger partial charge in [0.05, 0.1) is 6.26 Å². The zero-order valence-corrected chi connectivity index (χ0v) is 16.8. The summed E-state index contributed by atoms with van der Waals surface area (Å²) < 4.78 is 24.7. The summed E-state index contributed by atoms with van der Waals surface area (Å²) in [5.41, 5.74) is 1.25. The number of benzene rings is 1. The molecule has 1 aliphatic heterocycles. The lowest BCUT2D eigenvalue weighted by Crippen LogP contribution is -2.45. The van der Waals surface area contributed by atoms with Crippen LogP contribution in [0.15, 0.2) is 35.3 Å². The summed E-state index contributed by atoms with van der Waals surface area (Å²) >= 11 is 0.